The van der Waals surface area contributed by atoms with Gasteiger partial charge in [0.25, 0.3) is 0 Å². The summed E-state index contributed by atoms with van der Waals surface area (Å²) in [6.07, 6.45) is 3.02. The van der Waals surface area contributed by atoms with Gasteiger partial charge in [0.15, 0.2) is 0 Å². The average Bonchev–Trinajstić information content (AvgIpc) is 3.31. The normalized spacial score (nSPS) is 13.6. The Labute approximate surface area is 170 Å². The van der Waals surface area contributed by atoms with Crippen molar-refractivity contribution in [3.63, 3.8) is 0 Å². The molecule has 0 radical (unpaired) electrons. The van der Waals surface area contributed by atoms with E-state index in [1.165, 1.54) is 0 Å². The van der Waals surface area contributed by atoms with Crippen LogP contribution in [0.25, 0.3) is 11.3 Å². The summed E-state index contributed by atoms with van der Waals surface area (Å²) >= 11 is 0. The number of aromatic nitrogens is 4. The standard InChI is InChI=1S/C22H27N5O2/c1-15(2)27-19(9-10-23-27)21-16(3)24-26-12-6-11-25(22(21)26)20(28)14-17-7-5-8-18(13-17)29-4/h5,7-10,13,15H,6,11-12,14H2,1-4H3. The zero-order chi connectivity index (χ0) is 20.5. The Kier molecular flexibility index (Phi) is 5.13. The molecule has 29 heavy (non-hydrogen) atoms. The van der Waals surface area contributed by atoms with Crippen LogP contribution in [0.3, 0.4) is 0 Å². The summed E-state index contributed by atoms with van der Waals surface area (Å²) < 4.78 is 9.25. The fraction of sp³-hybridized carbons (Fsp3) is 0.409. The molecule has 7 nitrogen and oxygen atoms in total. The number of hydrogen-bond donors (Lipinski definition) is 0. The topological polar surface area (TPSA) is 65.2 Å². The Bertz CT molecular complexity index is 1030. The molecule has 0 saturated carbocycles. The number of carbonyl (C=O) groups is 1. The van der Waals surface area contributed by atoms with Crippen LogP contribution in [0.2, 0.25) is 0 Å². The third-order valence-electron chi connectivity index (χ3n) is 5.31. The molecule has 0 bridgehead atoms. The minimum absolute atomic E-state index is 0.0657. The summed E-state index contributed by atoms with van der Waals surface area (Å²) in [6, 6.07) is 9.90. The van der Waals surface area contributed by atoms with Crippen LogP contribution in [0.4, 0.5) is 5.82 Å². The van der Waals surface area contributed by atoms with Crippen molar-refractivity contribution in [1.29, 1.82) is 0 Å². The van der Waals surface area contributed by atoms with E-state index in [-0.39, 0.29) is 11.9 Å². The van der Waals surface area contributed by atoms with E-state index in [1.807, 2.05) is 57.7 Å². The monoisotopic (exact) mass is 393 g/mol. The van der Waals surface area contributed by atoms with Crippen molar-refractivity contribution >= 4 is 11.7 Å². The summed E-state index contributed by atoms with van der Waals surface area (Å²) in [4.78, 5) is 15.2. The Hall–Kier alpha value is -3.09. The van der Waals surface area contributed by atoms with Gasteiger partial charge in [0.1, 0.15) is 11.6 Å². The van der Waals surface area contributed by atoms with E-state index < -0.39 is 0 Å². The molecule has 0 saturated heterocycles. The molecule has 3 aromatic rings. The predicted molar refractivity (Wildman–Crippen MR) is 112 cm³/mol. The van der Waals surface area contributed by atoms with Crippen molar-refractivity contribution in [2.45, 2.75) is 46.2 Å². The molecule has 7 heteroatoms. The Morgan fingerprint density at radius 2 is 2.07 bits per heavy atom. The fourth-order valence-corrected chi connectivity index (χ4v) is 4.00. The van der Waals surface area contributed by atoms with Gasteiger partial charge in [-0.2, -0.15) is 10.2 Å². The molecule has 152 valence electrons. The van der Waals surface area contributed by atoms with Gasteiger partial charge in [0.2, 0.25) is 5.91 Å². The van der Waals surface area contributed by atoms with Crippen molar-refractivity contribution in [2.75, 3.05) is 18.6 Å². The lowest BCUT2D eigenvalue weighted by atomic mass is 10.1. The Morgan fingerprint density at radius 1 is 1.24 bits per heavy atom. The van der Waals surface area contributed by atoms with E-state index in [0.29, 0.717) is 13.0 Å². The molecule has 1 aliphatic heterocycles. The molecule has 0 spiro atoms. The van der Waals surface area contributed by atoms with E-state index in [4.69, 9.17) is 9.84 Å². The second-order valence-corrected chi connectivity index (χ2v) is 7.69. The number of benzene rings is 1. The van der Waals surface area contributed by atoms with E-state index in [2.05, 4.69) is 18.9 Å². The SMILES string of the molecule is COc1cccc(CC(=O)N2CCCn3nc(C)c(-c4ccnn4C(C)C)c32)c1. The van der Waals surface area contributed by atoms with Crippen LogP contribution in [0.15, 0.2) is 36.5 Å². The molecule has 1 aliphatic rings. The van der Waals surface area contributed by atoms with Gasteiger partial charge in [-0.25, -0.2) is 4.68 Å². The molecular formula is C22H27N5O2. The lowest BCUT2D eigenvalue weighted by Gasteiger charge is -2.29. The van der Waals surface area contributed by atoms with Gasteiger partial charge in [-0.15, -0.1) is 0 Å². The van der Waals surface area contributed by atoms with Gasteiger partial charge >= 0.3 is 0 Å². The van der Waals surface area contributed by atoms with E-state index in [9.17, 15) is 4.79 Å². The van der Waals surface area contributed by atoms with Gasteiger partial charge in [-0.1, -0.05) is 12.1 Å². The van der Waals surface area contributed by atoms with Crippen LogP contribution < -0.4 is 9.64 Å². The van der Waals surface area contributed by atoms with Crippen LogP contribution in [0.5, 0.6) is 5.75 Å². The fourth-order valence-electron chi connectivity index (χ4n) is 4.00. The van der Waals surface area contributed by atoms with Gasteiger partial charge in [0.05, 0.1) is 30.5 Å². The van der Waals surface area contributed by atoms with Crippen molar-refractivity contribution in [3.8, 4) is 17.0 Å². The summed E-state index contributed by atoms with van der Waals surface area (Å²) in [5.41, 5.74) is 3.86. The first-order valence-corrected chi connectivity index (χ1v) is 10.0. The van der Waals surface area contributed by atoms with E-state index >= 15 is 0 Å². The van der Waals surface area contributed by atoms with Crippen LogP contribution in [-0.4, -0.2) is 39.1 Å². The highest BCUT2D eigenvalue weighted by Crippen LogP contribution is 2.37. The molecule has 0 unspecified atom stereocenters. The maximum absolute atomic E-state index is 13.3. The van der Waals surface area contributed by atoms with Gasteiger partial charge in [0, 0.05) is 25.3 Å². The predicted octanol–water partition coefficient (Wildman–Crippen LogP) is 3.62. The number of amides is 1. The first kappa shape index (κ1) is 19.2. The molecule has 2 aromatic heterocycles. The number of carbonyl (C=O) groups excluding carboxylic acids is 1. The van der Waals surface area contributed by atoms with Crippen LogP contribution in [0, 0.1) is 6.92 Å². The molecular weight excluding hydrogens is 366 g/mol. The molecule has 4 rings (SSSR count). The summed E-state index contributed by atoms with van der Waals surface area (Å²) in [5.74, 6) is 1.70. The smallest absolute Gasteiger partial charge is 0.232 e. The van der Waals surface area contributed by atoms with Crippen LogP contribution in [0.1, 0.15) is 37.6 Å². The Morgan fingerprint density at radius 3 is 2.83 bits per heavy atom. The summed E-state index contributed by atoms with van der Waals surface area (Å²) in [5, 5.41) is 9.22. The number of rotatable bonds is 5. The number of fused-ring (bicyclic) bond motifs is 1. The van der Waals surface area contributed by atoms with Gasteiger partial charge < -0.3 is 4.74 Å². The summed E-state index contributed by atoms with van der Waals surface area (Å²) in [6.45, 7) is 7.72. The average molecular weight is 393 g/mol. The van der Waals surface area contributed by atoms with Crippen molar-refractivity contribution < 1.29 is 9.53 Å². The second kappa shape index (κ2) is 7.73. The number of anilines is 1. The number of aryl methyl sites for hydroxylation is 2. The molecule has 1 aromatic carbocycles. The molecule has 0 fully saturated rings. The quantitative estimate of drug-likeness (QED) is 0.664. The lowest BCUT2D eigenvalue weighted by Crippen LogP contribution is -2.38. The highest BCUT2D eigenvalue weighted by molar-refractivity contribution is 5.98. The van der Waals surface area contributed by atoms with Crippen molar-refractivity contribution in [3.05, 3.63) is 47.8 Å². The van der Waals surface area contributed by atoms with Crippen LogP contribution in [-0.2, 0) is 17.8 Å². The minimum atomic E-state index is 0.0657. The summed E-state index contributed by atoms with van der Waals surface area (Å²) in [7, 11) is 1.64. The number of ether oxygens (including phenoxy) is 1. The zero-order valence-electron chi connectivity index (χ0n) is 17.4. The molecule has 3 heterocycles. The van der Waals surface area contributed by atoms with E-state index in [0.717, 1.165) is 47.0 Å². The first-order valence-electron chi connectivity index (χ1n) is 10.0. The van der Waals surface area contributed by atoms with Crippen molar-refractivity contribution in [1.82, 2.24) is 19.6 Å². The minimum Gasteiger partial charge on any atom is -0.497 e. The molecule has 0 atom stereocenters. The molecule has 0 N–H and O–H groups in total. The second-order valence-electron chi connectivity index (χ2n) is 7.69. The lowest BCUT2D eigenvalue weighted by molar-refractivity contribution is -0.118. The first-order chi connectivity index (χ1) is 14.0. The third-order valence-corrected chi connectivity index (χ3v) is 5.31. The van der Waals surface area contributed by atoms with Gasteiger partial charge in [-0.3, -0.25) is 14.4 Å². The number of hydrogen-bond acceptors (Lipinski definition) is 4. The largest absolute Gasteiger partial charge is 0.497 e. The Balaban J connectivity index is 1.72. The van der Waals surface area contributed by atoms with Crippen LogP contribution >= 0.6 is 0 Å². The maximum Gasteiger partial charge on any atom is 0.232 e. The third kappa shape index (κ3) is 3.52. The van der Waals surface area contributed by atoms with Gasteiger partial charge in [-0.05, 0) is 51.0 Å². The zero-order valence-corrected chi connectivity index (χ0v) is 17.4. The highest BCUT2D eigenvalue weighted by Gasteiger charge is 2.30. The molecule has 1 amide bonds. The number of methoxy groups -OCH3 is 1. The van der Waals surface area contributed by atoms with Crippen molar-refractivity contribution in [2.24, 2.45) is 0 Å². The highest BCUT2D eigenvalue weighted by atomic mass is 16.5. The maximum atomic E-state index is 13.3. The molecule has 0 aliphatic carbocycles. The van der Waals surface area contributed by atoms with E-state index in [1.54, 1.807) is 7.11 Å². The number of nitrogens with zero attached hydrogens (tertiary/aromatic N) is 5.